The average Bonchev–Trinajstić information content (AvgIpc) is 3.53. The molecule has 5 amide bonds. The van der Waals surface area contributed by atoms with Crippen LogP contribution in [0.2, 0.25) is 0 Å². The van der Waals surface area contributed by atoms with E-state index in [2.05, 4.69) is 46.0 Å². The third kappa shape index (κ3) is 9.62. The molecule has 6 aliphatic rings. The summed E-state index contributed by atoms with van der Waals surface area (Å²) in [5.41, 5.74) is -2.93. The predicted molar refractivity (Wildman–Crippen MR) is 231 cm³/mol. The number of carbonyl (C=O) groups is 5. The monoisotopic (exact) mass is 858 g/mol. The van der Waals surface area contributed by atoms with Crippen molar-refractivity contribution in [3.63, 3.8) is 0 Å². The van der Waals surface area contributed by atoms with Crippen LogP contribution < -0.4 is 20.7 Å². The molecule has 3 aliphatic heterocycles. The maximum absolute atomic E-state index is 15.3. The molecule has 0 bridgehead atoms. The third-order valence-electron chi connectivity index (χ3n) is 15.5. The second kappa shape index (κ2) is 18.4. The van der Waals surface area contributed by atoms with Crippen molar-refractivity contribution in [2.45, 2.75) is 180 Å². The van der Waals surface area contributed by atoms with Crippen LogP contribution in [0.5, 0.6) is 0 Å². The fourth-order valence-electron chi connectivity index (χ4n) is 11.3. The number of piperidine rings is 1. The van der Waals surface area contributed by atoms with Crippen LogP contribution in [0.4, 0.5) is 0 Å². The van der Waals surface area contributed by atoms with Crippen molar-refractivity contribution in [2.75, 3.05) is 32.7 Å². The lowest BCUT2D eigenvalue weighted by Gasteiger charge is -2.44. The summed E-state index contributed by atoms with van der Waals surface area (Å²) in [6.07, 6.45) is 15.6. The lowest BCUT2D eigenvalue weighted by Crippen LogP contribution is -2.63. The topological polar surface area (TPSA) is 177 Å². The molecule has 0 aromatic heterocycles. The van der Waals surface area contributed by atoms with E-state index in [1.54, 1.807) is 11.0 Å². The Morgan fingerprint density at radius 1 is 0.800 bits per heavy atom. The molecule has 14 nitrogen and oxygen atoms in total. The van der Waals surface area contributed by atoms with Crippen molar-refractivity contribution in [1.82, 2.24) is 34.8 Å². The van der Waals surface area contributed by atoms with Gasteiger partial charge < -0.3 is 20.9 Å². The van der Waals surface area contributed by atoms with Gasteiger partial charge in [-0.25, -0.2) is 4.72 Å². The number of nitrogens with zero attached hydrogens (tertiary/aromatic N) is 3. The van der Waals surface area contributed by atoms with Gasteiger partial charge in [-0.1, -0.05) is 92.6 Å². The molecule has 6 fully saturated rings. The zero-order chi connectivity index (χ0) is 43.7. The molecular formula is C45H75N7O7S. The number of carbonyl (C=O) groups excluding carboxylic acids is 5. The number of amides is 5. The lowest BCUT2D eigenvalue weighted by atomic mass is 9.61. The van der Waals surface area contributed by atoms with Crippen molar-refractivity contribution < 1.29 is 32.4 Å². The quantitative estimate of drug-likeness (QED) is 0.195. The molecule has 6 rings (SSSR count). The predicted octanol–water partition coefficient (Wildman–Crippen LogP) is 4.55. The molecule has 60 heavy (non-hydrogen) atoms. The second-order valence-electron chi connectivity index (χ2n) is 20.8. The minimum Gasteiger partial charge on any atom is -0.343 e. The zero-order valence-electron chi connectivity index (χ0n) is 37.4. The smallest absolute Gasteiger partial charge is 0.303 e. The highest BCUT2D eigenvalue weighted by Gasteiger charge is 2.63. The first kappa shape index (κ1) is 46.5. The molecule has 0 aromatic rings. The first-order valence-electron chi connectivity index (χ1n) is 23.2. The van der Waals surface area contributed by atoms with Gasteiger partial charge in [-0.15, -0.1) is 6.58 Å². The van der Waals surface area contributed by atoms with Gasteiger partial charge in [0, 0.05) is 25.6 Å². The molecule has 0 radical (unpaired) electrons. The third-order valence-corrected chi connectivity index (χ3v) is 17.0. The second-order valence-corrected chi connectivity index (χ2v) is 22.5. The summed E-state index contributed by atoms with van der Waals surface area (Å²) in [7, 11) is -4.13. The van der Waals surface area contributed by atoms with Gasteiger partial charge in [0.15, 0.2) is 0 Å². The van der Waals surface area contributed by atoms with Crippen LogP contribution in [0.15, 0.2) is 12.7 Å². The van der Waals surface area contributed by atoms with Crippen molar-refractivity contribution in [3.8, 4) is 0 Å². The fraction of sp³-hybridized carbons (Fsp3) is 0.844. The van der Waals surface area contributed by atoms with Crippen LogP contribution >= 0.6 is 0 Å². The first-order chi connectivity index (χ1) is 28.3. The van der Waals surface area contributed by atoms with Gasteiger partial charge in [0.1, 0.15) is 23.7 Å². The lowest BCUT2D eigenvalue weighted by molar-refractivity contribution is -0.145. The number of rotatable bonds is 13. The molecule has 3 saturated heterocycles. The Labute approximate surface area is 359 Å². The Morgan fingerprint density at radius 2 is 1.45 bits per heavy atom. The normalized spacial score (nSPS) is 31.4. The summed E-state index contributed by atoms with van der Waals surface area (Å²) in [6, 6.07) is -3.09. The number of hydrogen-bond donors (Lipinski definition) is 4. The van der Waals surface area contributed by atoms with Gasteiger partial charge in [0.05, 0.1) is 6.04 Å². The van der Waals surface area contributed by atoms with Crippen LogP contribution in [-0.2, 0) is 34.2 Å². The van der Waals surface area contributed by atoms with E-state index in [9.17, 15) is 27.6 Å². The SMILES string of the molecule is C=CC1CC1(NC(=O)C1CC2(CCCCCC2(C)C)CN1C(=O)C(NC(=O)C(NC(=O)C1CCCN1CC)C1CCCCC1)C(C)(C)C)C(=O)NS(=O)(=O)N1CCCCC1. The number of nitrogens with one attached hydrogen (secondary N) is 4. The van der Waals surface area contributed by atoms with Crippen molar-refractivity contribution in [3.05, 3.63) is 12.7 Å². The van der Waals surface area contributed by atoms with Gasteiger partial charge >= 0.3 is 10.2 Å². The van der Waals surface area contributed by atoms with E-state index in [0.717, 1.165) is 96.6 Å². The Morgan fingerprint density at radius 3 is 2.08 bits per heavy atom. The van der Waals surface area contributed by atoms with Crippen molar-refractivity contribution in [1.29, 1.82) is 0 Å². The summed E-state index contributed by atoms with van der Waals surface area (Å²) in [4.78, 5) is 76.4. The molecule has 0 aromatic carbocycles. The van der Waals surface area contributed by atoms with E-state index in [-0.39, 0.29) is 41.5 Å². The van der Waals surface area contributed by atoms with Gasteiger partial charge in [0.25, 0.3) is 5.91 Å². The Bertz CT molecular complexity index is 1740. The fourth-order valence-corrected chi connectivity index (χ4v) is 12.6. The molecule has 3 saturated carbocycles. The molecule has 7 unspecified atom stereocenters. The zero-order valence-corrected chi connectivity index (χ0v) is 38.2. The largest absolute Gasteiger partial charge is 0.343 e. The molecular weight excluding hydrogens is 783 g/mol. The molecule has 15 heteroatoms. The van der Waals surface area contributed by atoms with Gasteiger partial charge in [-0.05, 0) is 99.5 Å². The number of hydrogen-bond acceptors (Lipinski definition) is 8. The summed E-state index contributed by atoms with van der Waals surface area (Å²) in [5.74, 6) is -2.78. The van der Waals surface area contributed by atoms with Crippen LogP contribution in [-0.4, -0.2) is 114 Å². The maximum atomic E-state index is 15.3. The Balaban J connectivity index is 1.28. The number of likely N-dealkylation sites (N-methyl/N-ethyl adjacent to an activating group) is 1. The van der Waals surface area contributed by atoms with E-state index in [1.165, 1.54) is 4.31 Å². The van der Waals surface area contributed by atoms with E-state index in [1.807, 2.05) is 27.7 Å². The Hall–Kier alpha value is -3.04. The number of likely N-dealkylation sites (tertiary alicyclic amines) is 2. The highest BCUT2D eigenvalue weighted by atomic mass is 32.2. The van der Waals surface area contributed by atoms with E-state index in [0.29, 0.717) is 38.9 Å². The minimum absolute atomic E-state index is 0.0623. The summed E-state index contributed by atoms with van der Waals surface area (Å²) < 4.78 is 30.3. The highest BCUT2D eigenvalue weighted by Crippen LogP contribution is 2.56. The van der Waals surface area contributed by atoms with Crippen molar-refractivity contribution >= 4 is 39.7 Å². The summed E-state index contributed by atoms with van der Waals surface area (Å²) in [5, 5.41) is 9.30. The van der Waals surface area contributed by atoms with E-state index < -0.39 is 62.4 Å². The molecule has 4 N–H and O–H groups in total. The molecule has 3 heterocycles. The standard InChI is InChI=1S/C45H75N7O7S/c1-8-32-28-45(32,41(57)49-60(58,59)51-26-17-12-18-27-51)48-38(54)34-29-44(24-16-11-15-23-43(44,6)7)30-52(34)40(56)36(42(3,4)5)47-39(55)35(31-20-13-10-14-21-31)46-37(53)33-22-19-25-50(33)9-2/h8,31-36H,1,9-30H2,2-7H3,(H,46,53)(H,47,55)(H,48,54)(H,49,57). The van der Waals surface area contributed by atoms with Gasteiger partial charge in [-0.2, -0.15) is 12.7 Å². The van der Waals surface area contributed by atoms with Crippen molar-refractivity contribution in [2.24, 2.45) is 28.1 Å². The van der Waals surface area contributed by atoms with E-state index >= 15 is 4.79 Å². The molecule has 338 valence electrons. The highest BCUT2D eigenvalue weighted by molar-refractivity contribution is 7.87. The Kier molecular flexibility index (Phi) is 14.2. The molecule has 3 aliphatic carbocycles. The average molecular weight is 858 g/mol. The van der Waals surface area contributed by atoms with Crippen LogP contribution in [0, 0.1) is 28.1 Å². The van der Waals surface area contributed by atoms with Crippen LogP contribution in [0.25, 0.3) is 0 Å². The summed E-state index contributed by atoms with van der Waals surface area (Å²) >= 11 is 0. The van der Waals surface area contributed by atoms with Crippen LogP contribution in [0.3, 0.4) is 0 Å². The minimum atomic E-state index is -4.13. The van der Waals surface area contributed by atoms with E-state index in [4.69, 9.17) is 0 Å². The summed E-state index contributed by atoms with van der Waals surface area (Å²) in [6.45, 7) is 18.6. The first-order valence-corrected chi connectivity index (χ1v) is 24.7. The van der Waals surface area contributed by atoms with Gasteiger partial charge in [0.2, 0.25) is 23.6 Å². The molecule has 1 spiro atoms. The maximum Gasteiger partial charge on any atom is 0.303 e. The van der Waals surface area contributed by atoms with Gasteiger partial charge in [-0.3, -0.25) is 28.9 Å². The molecule has 7 atom stereocenters. The van der Waals surface area contributed by atoms with Crippen LogP contribution in [0.1, 0.15) is 151 Å².